The van der Waals surface area contributed by atoms with E-state index in [0.29, 0.717) is 5.71 Å². The number of aryl methyl sites for hydroxylation is 1. The predicted molar refractivity (Wildman–Crippen MR) is 76.8 cm³/mol. The van der Waals surface area contributed by atoms with Crippen LogP contribution in [-0.2, 0) is 21.4 Å². The molecule has 0 amide bonds. The molecule has 110 valence electrons. The van der Waals surface area contributed by atoms with Crippen LogP contribution in [0, 0.1) is 0 Å². The number of methoxy groups -OCH3 is 1. The summed E-state index contributed by atoms with van der Waals surface area (Å²) in [5.41, 5.74) is 7.86. The number of rotatable bonds is 3. The molecule has 1 atom stereocenters. The molecule has 0 aliphatic carbocycles. The Morgan fingerprint density at radius 3 is 3.10 bits per heavy atom. The lowest BCUT2D eigenvalue weighted by Crippen LogP contribution is -2.46. The third kappa shape index (κ3) is 2.06. The standard InChI is InChI=1S/C14H16N4O3/c1-18-8-16-10-5-9(3-4-12(10)18)11-6-14(7-15,21-17-11)13(19)20-2/h3-5,8H,6-7,15H2,1-2H3. The van der Waals surface area contributed by atoms with E-state index in [9.17, 15) is 4.79 Å². The number of hydrogen-bond acceptors (Lipinski definition) is 6. The number of nitrogens with two attached hydrogens (primary N) is 1. The summed E-state index contributed by atoms with van der Waals surface area (Å²) in [6.45, 7) is 0.0124. The van der Waals surface area contributed by atoms with Gasteiger partial charge < -0.3 is 19.9 Å². The zero-order valence-corrected chi connectivity index (χ0v) is 11.9. The minimum absolute atomic E-state index is 0.0124. The maximum absolute atomic E-state index is 11.8. The van der Waals surface area contributed by atoms with E-state index >= 15 is 0 Å². The molecular formula is C14H16N4O3. The number of fused-ring (bicyclic) bond motifs is 1. The zero-order chi connectivity index (χ0) is 15.0. The summed E-state index contributed by atoms with van der Waals surface area (Å²) in [5, 5.41) is 4.01. The summed E-state index contributed by atoms with van der Waals surface area (Å²) in [6, 6.07) is 5.80. The van der Waals surface area contributed by atoms with E-state index in [1.165, 1.54) is 7.11 Å². The quantitative estimate of drug-likeness (QED) is 0.834. The Bertz CT molecular complexity index is 737. The van der Waals surface area contributed by atoms with Gasteiger partial charge in [0.1, 0.15) is 0 Å². The highest BCUT2D eigenvalue weighted by Crippen LogP contribution is 2.28. The largest absolute Gasteiger partial charge is 0.466 e. The molecule has 1 aliphatic rings. The van der Waals surface area contributed by atoms with Crippen molar-refractivity contribution in [2.75, 3.05) is 13.7 Å². The summed E-state index contributed by atoms with van der Waals surface area (Å²) in [6.07, 6.45) is 2.04. The predicted octanol–water partition coefficient (Wildman–Crippen LogP) is 0.568. The fraction of sp³-hybridized carbons (Fsp3) is 0.357. The molecule has 2 N–H and O–H groups in total. The van der Waals surface area contributed by atoms with Crippen molar-refractivity contribution in [2.24, 2.45) is 17.9 Å². The Labute approximate surface area is 121 Å². The Hall–Kier alpha value is -2.41. The van der Waals surface area contributed by atoms with Gasteiger partial charge in [0.15, 0.2) is 0 Å². The minimum atomic E-state index is -1.22. The van der Waals surface area contributed by atoms with Crippen molar-refractivity contribution in [1.82, 2.24) is 9.55 Å². The molecular weight excluding hydrogens is 272 g/mol. The van der Waals surface area contributed by atoms with Crippen molar-refractivity contribution in [2.45, 2.75) is 12.0 Å². The first kappa shape index (κ1) is 13.6. The molecule has 7 nitrogen and oxygen atoms in total. The van der Waals surface area contributed by atoms with Crippen molar-refractivity contribution >= 4 is 22.7 Å². The van der Waals surface area contributed by atoms with Crippen LogP contribution in [-0.4, -0.2) is 40.5 Å². The Morgan fingerprint density at radius 1 is 1.57 bits per heavy atom. The highest BCUT2D eigenvalue weighted by molar-refractivity contribution is 6.06. The number of oxime groups is 1. The molecule has 1 aromatic carbocycles. The molecule has 1 aromatic heterocycles. The molecule has 3 rings (SSSR count). The number of imidazole rings is 1. The van der Waals surface area contributed by atoms with E-state index in [1.54, 1.807) is 6.33 Å². The summed E-state index contributed by atoms with van der Waals surface area (Å²) in [5.74, 6) is -0.511. The lowest BCUT2D eigenvalue weighted by atomic mass is 9.94. The van der Waals surface area contributed by atoms with Crippen LogP contribution >= 0.6 is 0 Å². The fourth-order valence-electron chi connectivity index (χ4n) is 2.44. The Kier molecular flexibility index (Phi) is 3.13. The van der Waals surface area contributed by atoms with Crippen molar-refractivity contribution in [3.63, 3.8) is 0 Å². The smallest absolute Gasteiger partial charge is 0.354 e. The molecule has 7 heteroatoms. The van der Waals surface area contributed by atoms with E-state index in [2.05, 4.69) is 10.1 Å². The molecule has 0 bridgehead atoms. The van der Waals surface area contributed by atoms with Gasteiger partial charge in [-0.15, -0.1) is 0 Å². The van der Waals surface area contributed by atoms with Gasteiger partial charge in [0.2, 0.25) is 0 Å². The number of aromatic nitrogens is 2. The van der Waals surface area contributed by atoms with Crippen molar-refractivity contribution in [1.29, 1.82) is 0 Å². The van der Waals surface area contributed by atoms with Gasteiger partial charge in [0, 0.05) is 25.6 Å². The van der Waals surface area contributed by atoms with Crippen LogP contribution in [0.4, 0.5) is 0 Å². The Morgan fingerprint density at radius 2 is 2.38 bits per heavy atom. The normalized spacial score (nSPS) is 21.2. The molecule has 0 radical (unpaired) electrons. The van der Waals surface area contributed by atoms with Gasteiger partial charge in [-0.1, -0.05) is 11.2 Å². The van der Waals surface area contributed by atoms with E-state index in [0.717, 1.165) is 16.6 Å². The van der Waals surface area contributed by atoms with Gasteiger partial charge in [0.05, 0.1) is 30.2 Å². The van der Waals surface area contributed by atoms with Gasteiger partial charge in [-0.3, -0.25) is 0 Å². The number of esters is 1. The van der Waals surface area contributed by atoms with Crippen LogP contribution in [0.2, 0.25) is 0 Å². The first-order valence-corrected chi connectivity index (χ1v) is 6.54. The van der Waals surface area contributed by atoms with E-state index < -0.39 is 11.6 Å². The van der Waals surface area contributed by atoms with Crippen LogP contribution in [0.1, 0.15) is 12.0 Å². The summed E-state index contributed by atoms with van der Waals surface area (Å²) in [7, 11) is 3.24. The molecule has 2 aromatic rings. The van der Waals surface area contributed by atoms with Gasteiger partial charge in [-0.2, -0.15) is 0 Å². The molecule has 0 fully saturated rings. The summed E-state index contributed by atoms with van der Waals surface area (Å²) >= 11 is 0. The monoisotopic (exact) mass is 288 g/mol. The SMILES string of the molecule is COC(=O)C1(CN)CC(c2ccc3c(c2)ncn3C)=NO1. The van der Waals surface area contributed by atoms with Crippen LogP contribution in [0.15, 0.2) is 29.7 Å². The van der Waals surface area contributed by atoms with E-state index in [-0.39, 0.29) is 13.0 Å². The lowest BCUT2D eigenvalue weighted by Gasteiger charge is -2.21. The third-order valence-electron chi connectivity index (χ3n) is 3.73. The molecule has 0 saturated heterocycles. The topological polar surface area (TPSA) is 91.7 Å². The molecule has 1 aliphatic heterocycles. The minimum Gasteiger partial charge on any atom is -0.466 e. The maximum Gasteiger partial charge on any atom is 0.354 e. The second kappa shape index (κ2) is 4.85. The summed E-state index contributed by atoms with van der Waals surface area (Å²) < 4.78 is 6.69. The lowest BCUT2D eigenvalue weighted by molar-refractivity contribution is -0.165. The number of carbonyl (C=O) groups is 1. The highest BCUT2D eigenvalue weighted by atomic mass is 16.7. The second-order valence-corrected chi connectivity index (χ2v) is 5.06. The van der Waals surface area contributed by atoms with E-state index in [1.807, 2.05) is 29.8 Å². The number of hydrogen-bond donors (Lipinski definition) is 1. The number of nitrogens with zero attached hydrogens (tertiary/aromatic N) is 3. The van der Waals surface area contributed by atoms with Crippen LogP contribution in [0.25, 0.3) is 11.0 Å². The van der Waals surface area contributed by atoms with Gasteiger partial charge in [-0.05, 0) is 12.1 Å². The molecule has 2 heterocycles. The van der Waals surface area contributed by atoms with Gasteiger partial charge >= 0.3 is 5.97 Å². The van der Waals surface area contributed by atoms with Crippen LogP contribution < -0.4 is 5.73 Å². The highest BCUT2D eigenvalue weighted by Gasteiger charge is 2.47. The van der Waals surface area contributed by atoms with Crippen molar-refractivity contribution < 1.29 is 14.4 Å². The maximum atomic E-state index is 11.8. The number of ether oxygens (including phenoxy) is 1. The third-order valence-corrected chi connectivity index (χ3v) is 3.73. The van der Waals surface area contributed by atoms with Gasteiger partial charge in [-0.25, -0.2) is 9.78 Å². The second-order valence-electron chi connectivity index (χ2n) is 5.06. The van der Waals surface area contributed by atoms with Crippen LogP contribution in [0.5, 0.6) is 0 Å². The average Bonchev–Trinajstić information content (AvgIpc) is 3.11. The Balaban J connectivity index is 1.92. The van der Waals surface area contributed by atoms with Crippen LogP contribution in [0.3, 0.4) is 0 Å². The molecule has 21 heavy (non-hydrogen) atoms. The molecule has 1 unspecified atom stereocenters. The van der Waals surface area contributed by atoms with E-state index in [4.69, 9.17) is 15.3 Å². The van der Waals surface area contributed by atoms with Gasteiger partial charge in [0.25, 0.3) is 5.60 Å². The van der Waals surface area contributed by atoms with Crippen molar-refractivity contribution in [3.05, 3.63) is 30.1 Å². The number of benzene rings is 1. The zero-order valence-electron chi connectivity index (χ0n) is 11.9. The van der Waals surface area contributed by atoms with Crippen molar-refractivity contribution in [3.8, 4) is 0 Å². The molecule has 0 saturated carbocycles. The average molecular weight is 288 g/mol. The first-order chi connectivity index (χ1) is 10.1. The number of carbonyl (C=O) groups excluding carboxylic acids is 1. The first-order valence-electron chi connectivity index (χ1n) is 6.54. The molecule has 0 spiro atoms. The fourth-order valence-corrected chi connectivity index (χ4v) is 2.44. The summed E-state index contributed by atoms with van der Waals surface area (Å²) in [4.78, 5) is 21.4.